The molecule has 9 heteroatoms. The second-order valence-electron chi connectivity index (χ2n) is 4.58. The minimum atomic E-state index is -3.55. The molecule has 0 saturated carbocycles. The number of rotatable bonds is 6. The summed E-state index contributed by atoms with van der Waals surface area (Å²) in [4.78, 5) is 23.1. The maximum absolute atomic E-state index is 12.1. The highest BCUT2D eigenvalue weighted by Gasteiger charge is 2.39. The van der Waals surface area contributed by atoms with Gasteiger partial charge in [0.05, 0.1) is 13.2 Å². The number of hydrogen-bond acceptors (Lipinski definition) is 8. The average Bonchev–Trinajstić information content (AvgIpc) is 2.86. The van der Waals surface area contributed by atoms with Crippen LogP contribution in [0.3, 0.4) is 0 Å². The zero-order chi connectivity index (χ0) is 16.9. The van der Waals surface area contributed by atoms with Gasteiger partial charge in [0.1, 0.15) is 24.0 Å². The zero-order valence-electron chi connectivity index (χ0n) is 12.7. The minimum Gasteiger partial charge on any atom is -0.459 e. The van der Waals surface area contributed by atoms with Gasteiger partial charge in [-0.2, -0.15) is 0 Å². The second kappa shape index (κ2) is 7.70. The van der Waals surface area contributed by atoms with Gasteiger partial charge in [0.25, 0.3) is 0 Å². The predicted octanol–water partition coefficient (Wildman–Crippen LogP) is 2.33. The summed E-state index contributed by atoms with van der Waals surface area (Å²) in [7, 11) is -3.55. The van der Waals surface area contributed by atoms with E-state index < -0.39 is 25.9 Å². The Morgan fingerprint density at radius 3 is 2.78 bits per heavy atom. The van der Waals surface area contributed by atoms with E-state index in [1.165, 1.54) is 19.1 Å². The molecule has 8 nitrogen and oxygen atoms in total. The molecular formula is C14H17O8P. The van der Waals surface area contributed by atoms with Gasteiger partial charge in [-0.05, 0) is 19.1 Å². The largest absolute Gasteiger partial charge is 0.475 e. The van der Waals surface area contributed by atoms with Crippen LogP contribution in [-0.4, -0.2) is 37.9 Å². The van der Waals surface area contributed by atoms with Crippen molar-refractivity contribution >= 4 is 19.8 Å². The first-order valence-electron chi connectivity index (χ1n) is 6.95. The Morgan fingerprint density at radius 1 is 1.35 bits per heavy atom. The van der Waals surface area contributed by atoms with Crippen LogP contribution in [0.4, 0.5) is 0 Å². The summed E-state index contributed by atoms with van der Waals surface area (Å²) < 4.78 is 36.9. The van der Waals surface area contributed by atoms with E-state index in [-0.39, 0.29) is 31.1 Å². The monoisotopic (exact) mass is 344 g/mol. The molecule has 1 saturated heterocycles. The van der Waals surface area contributed by atoms with Crippen molar-refractivity contribution in [2.24, 2.45) is 0 Å². The highest BCUT2D eigenvalue weighted by Crippen LogP contribution is 2.54. The van der Waals surface area contributed by atoms with E-state index in [9.17, 15) is 14.2 Å². The van der Waals surface area contributed by atoms with E-state index in [0.717, 1.165) is 0 Å². The van der Waals surface area contributed by atoms with Crippen LogP contribution in [0.5, 0.6) is 5.75 Å². The van der Waals surface area contributed by atoms with E-state index in [2.05, 4.69) is 0 Å². The van der Waals surface area contributed by atoms with Gasteiger partial charge >= 0.3 is 19.8 Å². The van der Waals surface area contributed by atoms with Gasteiger partial charge in [0.15, 0.2) is 0 Å². The van der Waals surface area contributed by atoms with E-state index in [0.29, 0.717) is 0 Å². The number of carbonyl (C=O) groups is 2. The number of esters is 2. The number of phosphoric acid groups is 1. The number of benzene rings is 1. The van der Waals surface area contributed by atoms with Crippen LogP contribution in [-0.2, 0) is 27.7 Å². The molecule has 2 rings (SSSR count). The molecule has 1 aromatic carbocycles. The molecule has 2 atom stereocenters. The van der Waals surface area contributed by atoms with Crippen molar-refractivity contribution in [3.63, 3.8) is 0 Å². The lowest BCUT2D eigenvalue weighted by Gasteiger charge is -2.12. The summed E-state index contributed by atoms with van der Waals surface area (Å²) in [6.45, 7) is 2.91. The summed E-state index contributed by atoms with van der Waals surface area (Å²) in [5.41, 5.74) is 0.106. The fraction of sp³-hybridized carbons (Fsp3) is 0.429. The van der Waals surface area contributed by atoms with E-state index in [1.54, 1.807) is 19.1 Å². The Hall–Kier alpha value is -1.73. The van der Waals surface area contributed by atoms with Crippen molar-refractivity contribution in [1.82, 2.24) is 0 Å². The third-order valence-electron chi connectivity index (χ3n) is 2.74. The van der Waals surface area contributed by atoms with Gasteiger partial charge < -0.3 is 9.47 Å². The molecule has 1 aliphatic heterocycles. The van der Waals surface area contributed by atoms with Crippen molar-refractivity contribution < 1.29 is 37.2 Å². The standard InChI is InChI=1S/C14H17O8P/c1-3-19-23(17)20-9-11(22-23)8-18-14(16)12-6-4-5-7-13(12)21-10(2)15/h4-7,11H,3,8-9H2,1-2H3. The molecule has 1 aromatic rings. The van der Waals surface area contributed by atoms with Crippen molar-refractivity contribution in [2.45, 2.75) is 20.0 Å². The highest BCUT2D eigenvalue weighted by molar-refractivity contribution is 7.48. The van der Waals surface area contributed by atoms with Gasteiger partial charge in [-0.1, -0.05) is 12.1 Å². The van der Waals surface area contributed by atoms with Crippen LogP contribution in [0.25, 0.3) is 0 Å². The SMILES string of the molecule is CCOP1(=O)OCC(COC(=O)c2ccccc2OC(C)=O)O1. The molecule has 126 valence electrons. The zero-order valence-corrected chi connectivity index (χ0v) is 13.6. The number of phosphoric ester groups is 1. The van der Waals surface area contributed by atoms with Gasteiger partial charge in [0, 0.05) is 6.92 Å². The number of para-hydroxylation sites is 1. The van der Waals surface area contributed by atoms with Crippen LogP contribution in [0.1, 0.15) is 24.2 Å². The summed E-state index contributed by atoms with van der Waals surface area (Å²) in [5.74, 6) is -1.13. The molecule has 0 radical (unpaired) electrons. The molecule has 2 unspecified atom stereocenters. The molecule has 23 heavy (non-hydrogen) atoms. The third kappa shape index (κ3) is 4.87. The summed E-state index contributed by atoms with van der Waals surface area (Å²) in [6, 6.07) is 6.19. The van der Waals surface area contributed by atoms with Crippen LogP contribution in [0, 0.1) is 0 Å². The molecule has 1 aliphatic rings. The third-order valence-corrected chi connectivity index (χ3v) is 4.34. The van der Waals surface area contributed by atoms with Crippen molar-refractivity contribution in [2.75, 3.05) is 19.8 Å². The summed E-state index contributed by atoms with van der Waals surface area (Å²) >= 11 is 0. The van der Waals surface area contributed by atoms with E-state index >= 15 is 0 Å². The van der Waals surface area contributed by atoms with Crippen molar-refractivity contribution in [3.8, 4) is 5.75 Å². The van der Waals surface area contributed by atoms with E-state index in [1.807, 2.05) is 0 Å². The predicted molar refractivity (Wildman–Crippen MR) is 78.1 cm³/mol. The first-order chi connectivity index (χ1) is 10.9. The molecule has 0 bridgehead atoms. The number of hydrogen-bond donors (Lipinski definition) is 0. The van der Waals surface area contributed by atoms with Crippen LogP contribution < -0.4 is 4.74 Å². The Labute approximate surface area is 133 Å². The minimum absolute atomic E-state index is 0.00382. The molecule has 0 aliphatic carbocycles. The van der Waals surface area contributed by atoms with Crippen LogP contribution >= 0.6 is 7.82 Å². The molecule has 0 N–H and O–H groups in total. The van der Waals surface area contributed by atoms with Gasteiger partial charge in [-0.3, -0.25) is 18.4 Å². The Balaban J connectivity index is 1.93. The Bertz CT molecular complexity index is 629. The summed E-state index contributed by atoms with van der Waals surface area (Å²) in [6.07, 6.45) is -0.683. The molecule has 1 heterocycles. The lowest BCUT2D eigenvalue weighted by molar-refractivity contribution is -0.131. The maximum Gasteiger partial charge on any atom is 0.475 e. The van der Waals surface area contributed by atoms with Gasteiger partial charge in [0.2, 0.25) is 0 Å². The van der Waals surface area contributed by atoms with Crippen LogP contribution in [0.15, 0.2) is 24.3 Å². The smallest absolute Gasteiger partial charge is 0.459 e. The van der Waals surface area contributed by atoms with Crippen LogP contribution in [0.2, 0.25) is 0 Å². The first-order valence-corrected chi connectivity index (χ1v) is 8.41. The molecular weight excluding hydrogens is 327 g/mol. The normalized spacial score (nSPS) is 23.5. The highest BCUT2D eigenvalue weighted by atomic mass is 31.2. The van der Waals surface area contributed by atoms with Crippen molar-refractivity contribution in [3.05, 3.63) is 29.8 Å². The van der Waals surface area contributed by atoms with Crippen molar-refractivity contribution in [1.29, 1.82) is 0 Å². The maximum atomic E-state index is 12.1. The number of carbonyl (C=O) groups excluding carboxylic acids is 2. The lowest BCUT2D eigenvalue weighted by Crippen LogP contribution is -2.21. The quantitative estimate of drug-likeness (QED) is 0.441. The fourth-order valence-electron chi connectivity index (χ4n) is 1.85. The number of ether oxygens (including phenoxy) is 2. The van der Waals surface area contributed by atoms with Gasteiger partial charge in [-0.25, -0.2) is 9.36 Å². The fourth-order valence-corrected chi connectivity index (χ4v) is 3.20. The summed E-state index contributed by atoms with van der Waals surface area (Å²) in [5, 5.41) is 0. The first kappa shape index (κ1) is 17.6. The Morgan fingerprint density at radius 2 is 2.09 bits per heavy atom. The molecule has 0 amide bonds. The Kier molecular flexibility index (Phi) is 5.90. The second-order valence-corrected chi connectivity index (χ2v) is 6.20. The molecule has 1 fully saturated rings. The van der Waals surface area contributed by atoms with E-state index in [4.69, 9.17) is 23.0 Å². The van der Waals surface area contributed by atoms with Gasteiger partial charge in [-0.15, -0.1) is 0 Å². The topological polar surface area (TPSA) is 97.4 Å². The lowest BCUT2D eigenvalue weighted by atomic mass is 10.2. The molecule has 0 aromatic heterocycles. The average molecular weight is 344 g/mol. The molecule has 0 spiro atoms.